The van der Waals surface area contributed by atoms with Crippen LogP contribution in [0.2, 0.25) is 0 Å². The number of nitrogens with zero attached hydrogens (tertiary/aromatic N) is 2. The van der Waals surface area contributed by atoms with E-state index in [2.05, 4.69) is 37.9 Å². The number of hydrogen-bond acceptors (Lipinski definition) is 4. The molecule has 0 amide bonds. The normalized spacial score (nSPS) is 11.4. The summed E-state index contributed by atoms with van der Waals surface area (Å²) in [6.45, 7) is 0. The zero-order chi connectivity index (χ0) is 14.0. The maximum Gasteiger partial charge on any atom is 0.451 e. The molecule has 100 valence electrons. The third-order valence-corrected chi connectivity index (χ3v) is 2.77. The van der Waals surface area contributed by atoms with Gasteiger partial charge in [-0.25, -0.2) is 9.97 Å². The van der Waals surface area contributed by atoms with Crippen molar-refractivity contribution in [1.29, 1.82) is 0 Å². The summed E-state index contributed by atoms with van der Waals surface area (Å²) in [6, 6.07) is 8.37. The minimum absolute atomic E-state index is 0.00169. The fourth-order valence-electron chi connectivity index (χ4n) is 1.37. The molecule has 0 unspecified atom stereocenters. The molecule has 0 spiro atoms. The highest BCUT2D eigenvalue weighted by Gasteiger charge is 2.35. The largest absolute Gasteiger partial charge is 0.451 e. The number of halogens is 4. The van der Waals surface area contributed by atoms with Gasteiger partial charge in [0.15, 0.2) is 0 Å². The van der Waals surface area contributed by atoms with E-state index in [1.807, 2.05) is 6.07 Å². The predicted octanol–water partition coefficient (Wildman–Crippen LogP) is 3.43. The lowest BCUT2D eigenvalue weighted by Gasteiger charge is -2.10. The molecular weight excluding hydrogens is 372 g/mol. The monoisotopic (exact) mass is 380 g/mol. The molecule has 0 aliphatic heterocycles. The molecule has 3 N–H and O–H groups in total. The number of rotatable bonds is 2. The topological polar surface area (TPSA) is 63.8 Å². The number of nitrogens with one attached hydrogen (secondary N) is 1. The standard InChI is InChI=1S/C11H8F3IN4/c12-11(13,14)10-18-8(16)5-9(19-10)17-7-3-1-2-6(15)4-7/h1-5H,(H3,16,17,18,19). The number of hydrogen-bond donors (Lipinski definition) is 2. The van der Waals surface area contributed by atoms with Gasteiger partial charge in [-0.05, 0) is 40.8 Å². The van der Waals surface area contributed by atoms with Gasteiger partial charge in [-0.2, -0.15) is 13.2 Å². The van der Waals surface area contributed by atoms with Crippen molar-refractivity contribution in [2.24, 2.45) is 0 Å². The molecule has 0 bridgehead atoms. The average molecular weight is 380 g/mol. The van der Waals surface area contributed by atoms with Crippen LogP contribution in [0.4, 0.5) is 30.5 Å². The Morgan fingerprint density at radius 3 is 2.53 bits per heavy atom. The molecule has 2 aromatic rings. The molecule has 1 aromatic carbocycles. The van der Waals surface area contributed by atoms with Gasteiger partial charge in [0, 0.05) is 15.3 Å². The lowest BCUT2D eigenvalue weighted by molar-refractivity contribution is -0.144. The second-order valence-electron chi connectivity index (χ2n) is 3.63. The quantitative estimate of drug-likeness (QED) is 0.784. The smallest absolute Gasteiger partial charge is 0.384 e. The molecule has 1 heterocycles. The summed E-state index contributed by atoms with van der Waals surface area (Å²) in [5.74, 6) is -1.50. The summed E-state index contributed by atoms with van der Waals surface area (Å²) in [4.78, 5) is 6.56. The van der Waals surface area contributed by atoms with E-state index in [1.54, 1.807) is 18.2 Å². The summed E-state index contributed by atoms with van der Waals surface area (Å²) < 4.78 is 38.6. The zero-order valence-electron chi connectivity index (χ0n) is 9.37. The van der Waals surface area contributed by atoms with E-state index in [4.69, 9.17) is 5.73 Å². The second kappa shape index (κ2) is 5.19. The highest BCUT2D eigenvalue weighted by Crippen LogP contribution is 2.28. The average Bonchev–Trinajstić information content (AvgIpc) is 2.26. The molecule has 0 radical (unpaired) electrons. The fraction of sp³-hybridized carbons (Fsp3) is 0.0909. The van der Waals surface area contributed by atoms with Crippen molar-refractivity contribution >= 4 is 39.9 Å². The Morgan fingerprint density at radius 1 is 1.16 bits per heavy atom. The van der Waals surface area contributed by atoms with Crippen LogP contribution in [0.3, 0.4) is 0 Å². The van der Waals surface area contributed by atoms with Crippen LogP contribution in [0.15, 0.2) is 30.3 Å². The Hall–Kier alpha value is -1.58. The van der Waals surface area contributed by atoms with Crippen molar-refractivity contribution in [2.75, 3.05) is 11.1 Å². The second-order valence-corrected chi connectivity index (χ2v) is 4.88. The van der Waals surface area contributed by atoms with E-state index in [0.717, 1.165) is 3.57 Å². The predicted molar refractivity (Wildman–Crippen MR) is 73.9 cm³/mol. The number of alkyl halides is 3. The number of anilines is 3. The van der Waals surface area contributed by atoms with E-state index in [0.29, 0.717) is 5.69 Å². The van der Waals surface area contributed by atoms with Gasteiger partial charge in [0.2, 0.25) is 5.82 Å². The van der Waals surface area contributed by atoms with Crippen molar-refractivity contribution in [1.82, 2.24) is 9.97 Å². The summed E-state index contributed by atoms with van der Waals surface area (Å²) in [5, 5.41) is 2.76. The maximum atomic E-state index is 12.5. The molecule has 0 aliphatic rings. The lowest BCUT2D eigenvalue weighted by Crippen LogP contribution is -2.13. The Labute approximate surface area is 120 Å². The molecule has 0 atom stereocenters. The van der Waals surface area contributed by atoms with E-state index >= 15 is 0 Å². The first-order valence-electron chi connectivity index (χ1n) is 5.09. The molecule has 2 rings (SSSR count). The minimum atomic E-state index is -4.63. The Morgan fingerprint density at radius 2 is 1.89 bits per heavy atom. The van der Waals surface area contributed by atoms with Crippen LogP contribution in [0.5, 0.6) is 0 Å². The molecule has 0 saturated heterocycles. The molecule has 8 heteroatoms. The van der Waals surface area contributed by atoms with Crippen LogP contribution in [0.25, 0.3) is 0 Å². The van der Waals surface area contributed by atoms with Crippen molar-refractivity contribution in [3.63, 3.8) is 0 Å². The SMILES string of the molecule is Nc1cc(Nc2cccc(I)c2)nc(C(F)(F)F)n1. The van der Waals surface area contributed by atoms with Gasteiger partial charge in [0.05, 0.1) is 0 Å². The van der Waals surface area contributed by atoms with E-state index in [1.165, 1.54) is 6.07 Å². The van der Waals surface area contributed by atoms with Crippen LogP contribution < -0.4 is 11.1 Å². The lowest BCUT2D eigenvalue weighted by atomic mass is 10.3. The number of benzene rings is 1. The van der Waals surface area contributed by atoms with Crippen LogP contribution in [-0.4, -0.2) is 9.97 Å². The Balaban J connectivity index is 2.33. The van der Waals surface area contributed by atoms with E-state index in [9.17, 15) is 13.2 Å². The van der Waals surface area contributed by atoms with E-state index in [-0.39, 0.29) is 11.6 Å². The van der Waals surface area contributed by atoms with Gasteiger partial charge in [0.25, 0.3) is 0 Å². The molecule has 0 aliphatic carbocycles. The van der Waals surface area contributed by atoms with Gasteiger partial charge in [0.1, 0.15) is 11.6 Å². The van der Waals surface area contributed by atoms with Crippen molar-refractivity contribution < 1.29 is 13.2 Å². The molecule has 0 fully saturated rings. The third kappa shape index (κ3) is 3.69. The summed E-state index contributed by atoms with van der Waals surface area (Å²) in [7, 11) is 0. The van der Waals surface area contributed by atoms with Crippen LogP contribution in [-0.2, 0) is 6.18 Å². The number of nitrogen functional groups attached to an aromatic ring is 1. The molecule has 0 saturated carbocycles. The van der Waals surface area contributed by atoms with Gasteiger partial charge >= 0.3 is 6.18 Å². The summed E-state index contributed by atoms with van der Waals surface area (Å²) in [6.07, 6.45) is -4.63. The Kier molecular flexibility index (Phi) is 3.78. The zero-order valence-corrected chi connectivity index (χ0v) is 11.5. The van der Waals surface area contributed by atoms with Crippen molar-refractivity contribution in [3.05, 3.63) is 39.7 Å². The highest BCUT2D eigenvalue weighted by atomic mass is 127. The number of nitrogens with two attached hydrogens (primary N) is 1. The number of aromatic nitrogens is 2. The molecule has 4 nitrogen and oxygen atoms in total. The van der Waals surface area contributed by atoms with Crippen LogP contribution in [0.1, 0.15) is 5.82 Å². The van der Waals surface area contributed by atoms with Crippen LogP contribution in [0, 0.1) is 3.57 Å². The van der Waals surface area contributed by atoms with Gasteiger partial charge < -0.3 is 11.1 Å². The maximum absolute atomic E-state index is 12.5. The fourth-order valence-corrected chi connectivity index (χ4v) is 1.91. The minimum Gasteiger partial charge on any atom is -0.384 e. The van der Waals surface area contributed by atoms with E-state index < -0.39 is 12.0 Å². The Bertz CT molecular complexity index is 601. The first kappa shape index (κ1) is 13.8. The molecular formula is C11H8F3IN4. The van der Waals surface area contributed by atoms with Gasteiger partial charge in [-0.1, -0.05) is 6.07 Å². The summed E-state index contributed by atoms with van der Waals surface area (Å²) in [5.41, 5.74) is 5.97. The van der Waals surface area contributed by atoms with Gasteiger partial charge in [-0.15, -0.1) is 0 Å². The van der Waals surface area contributed by atoms with Crippen LogP contribution >= 0.6 is 22.6 Å². The first-order valence-corrected chi connectivity index (χ1v) is 6.17. The third-order valence-electron chi connectivity index (χ3n) is 2.10. The molecule has 1 aromatic heterocycles. The first-order chi connectivity index (χ1) is 8.84. The highest BCUT2D eigenvalue weighted by molar-refractivity contribution is 14.1. The van der Waals surface area contributed by atoms with Crippen molar-refractivity contribution in [2.45, 2.75) is 6.18 Å². The summed E-state index contributed by atoms with van der Waals surface area (Å²) >= 11 is 2.10. The van der Waals surface area contributed by atoms with Gasteiger partial charge in [-0.3, -0.25) is 0 Å². The van der Waals surface area contributed by atoms with Crippen molar-refractivity contribution in [3.8, 4) is 0 Å². The molecule has 19 heavy (non-hydrogen) atoms.